The minimum Gasteiger partial charge on any atom is -0.468 e. The molecule has 0 saturated carbocycles. The van der Waals surface area contributed by atoms with Crippen LogP contribution in [0.25, 0.3) is 10.9 Å². The number of carbonyl (C=O) groups excluding carboxylic acids is 1. The van der Waals surface area contributed by atoms with Crippen LogP contribution in [0.1, 0.15) is 12.5 Å². The zero-order valence-corrected chi connectivity index (χ0v) is 11.5. The van der Waals surface area contributed by atoms with Crippen LogP contribution >= 0.6 is 11.8 Å². The van der Waals surface area contributed by atoms with Crippen molar-refractivity contribution in [1.82, 2.24) is 4.98 Å². The van der Waals surface area contributed by atoms with E-state index in [4.69, 9.17) is 4.74 Å². The number of nitrogens with zero attached hydrogens (tertiary/aromatic N) is 1. The summed E-state index contributed by atoms with van der Waals surface area (Å²) < 4.78 is 4.71. The highest BCUT2D eigenvalue weighted by Crippen LogP contribution is 2.26. The summed E-state index contributed by atoms with van der Waals surface area (Å²) in [6.07, 6.45) is 0. The Morgan fingerprint density at radius 2 is 2.11 bits per heavy atom. The molecule has 0 bridgehead atoms. The molecule has 0 saturated heterocycles. The van der Waals surface area contributed by atoms with Gasteiger partial charge in [-0.25, -0.2) is 4.98 Å². The lowest BCUT2D eigenvalue weighted by Gasteiger charge is -2.10. The van der Waals surface area contributed by atoms with Gasteiger partial charge in [-0.15, -0.1) is 0 Å². The van der Waals surface area contributed by atoms with Crippen molar-refractivity contribution in [3.63, 3.8) is 0 Å². The lowest BCUT2D eigenvalue weighted by atomic mass is 10.1. The number of para-hydroxylation sites is 1. The number of fused-ring (bicyclic) bond motifs is 1. The minimum absolute atomic E-state index is 0.229. The van der Waals surface area contributed by atoms with E-state index in [2.05, 4.69) is 18.0 Å². The Balaban J connectivity index is 2.32. The topological polar surface area (TPSA) is 39.2 Å². The summed E-state index contributed by atoms with van der Waals surface area (Å²) in [6.45, 7) is 3.87. The van der Waals surface area contributed by atoms with Crippen molar-refractivity contribution in [3.8, 4) is 0 Å². The zero-order chi connectivity index (χ0) is 13.1. The van der Waals surface area contributed by atoms with Crippen LogP contribution < -0.4 is 0 Å². The molecule has 1 atom stereocenters. The molecule has 1 heterocycles. The summed E-state index contributed by atoms with van der Waals surface area (Å²) in [6, 6.07) is 10.0. The second-order valence-electron chi connectivity index (χ2n) is 4.08. The largest absolute Gasteiger partial charge is 0.468 e. The van der Waals surface area contributed by atoms with Crippen molar-refractivity contribution in [1.29, 1.82) is 0 Å². The number of thioether (sulfide) groups is 1. The Bertz CT molecular complexity index is 583. The molecular weight excluding hydrogens is 246 g/mol. The van der Waals surface area contributed by atoms with Crippen LogP contribution in [0.5, 0.6) is 0 Å². The second-order valence-corrected chi connectivity index (χ2v) is 5.44. The van der Waals surface area contributed by atoms with Gasteiger partial charge in [-0.05, 0) is 31.5 Å². The van der Waals surface area contributed by atoms with Gasteiger partial charge in [-0.1, -0.05) is 30.0 Å². The van der Waals surface area contributed by atoms with E-state index in [9.17, 15) is 4.79 Å². The predicted octanol–water partition coefficient (Wildman–Crippen LogP) is 3.20. The molecule has 2 aromatic rings. The third-order valence-electron chi connectivity index (χ3n) is 2.73. The first-order valence-corrected chi connectivity index (χ1v) is 6.60. The average Bonchev–Trinajstić information content (AvgIpc) is 2.37. The molecule has 0 aliphatic carbocycles. The van der Waals surface area contributed by atoms with Crippen molar-refractivity contribution in [3.05, 3.63) is 35.9 Å². The van der Waals surface area contributed by atoms with E-state index in [1.165, 1.54) is 24.4 Å². The van der Waals surface area contributed by atoms with E-state index in [1.54, 1.807) is 0 Å². The first-order valence-electron chi connectivity index (χ1n) is 5.72. The number of hydrogen-bond donors (Lipinski definition) is 0. The Morgan fingerprint density at radius 1 is 1.39 bits per heavy atom. The summed E-state index contributed by atoms with van der Waals surface area (Å²) in [7, 11) is 1.40. The maximum Gasteiger partial charge on any atom is 0.318 e. The predicted molar refractivity (Wildman–Crippen MR) is 73.8 cm³/mol. The SMILES string of the molecule is COC(=O)C(C)Sc1cc(C)c2ccccc2n1. The van der Waals surface area contributed by atoms with Gasteiger partial charge < -0.3 is 4.74 Å². The Kier molecular flexibility index (Phi) is 3.87. The van der Waals surface area contributed by atoms with Crippen molar-refractivity contribution in [2.75, 3.05) is 7.11 Å². The van der Waals surface area contributed by atoms with Crippen molar-refractivity contribution >= 4 is 28.6 Å². The lowest BCUT2D eigenvalue weighted by Crippen LogP contribution is -2.14. The highest BCUT2D eigenvalue weighted by Gasteiger charge is 2.15. The Labute approximate surface area is 111 Å². The lowest BCUT2D eigenvalue weighted by molar-refractivity contribution is -0.139. The van der Waals surface area contributed by atoms with Crippen LogP contribution in [-0.4, -0.2) is 23.3 Å². The number of hydrogen-bond acceptors (Lipinski definition) is 4. The maximum absolute atomic E-state index is 11.4. The summed E-state index contributed by atoms with van der Waals surface area (Å²) >= 11 is 1.42. The van der Waals surface area contributed by atoms with E-state index in [-0.39, 0.29) is 11.2 Å². The number of pyridine rings is 1. The molecule has 0 fully saturated rings. The Hall–Kier alpha value is -1.55. The van der Waals surface area contributed by atoms with Gasteiger partial charge in [-0.3, -0.25) is 4.79 Å². The molecule has 0 spiro atoms. The number of esters is 1. The van der Waals surface area contributed by atoms with Crippen LogP contribution in [0.4, 0.5) is 0 Å². The van der Waals surface area contributed by atoms with E-state index in [0.717, 1.165) is 15.9 Å². The standard InChI is InChI=1S/C14H15NO2S/c1-9-8-13(18-10(2)14(16)17-3)15-12-7-5-4-6-11(9)12/h4-8,10H,1-3H3. The van der Waals surface area contributed by atoms with Crippen molar-refractivity contribution in [2.24, 2.45) is 0 Å². The molecule has 3 nitrogen and oxygen atoms in total. The van der Waals surface area contributed by atoms with Gasteiger partial charge >= 0.3 is 5.97 Å². The van der Waals surface area contributed by atoms with Gasteiger partial charge in [0.25, 0.3) is 0 Å². The fourth-order valence-electron chi connectivity index (χ4n) is 1.77. The highest BCUT2D eigenvalue weighted by atomic mass is 32.2. The number of aryl methyl sites for hydroxylation is 1. The molecule has 0 aliphatic heterocycles. The highest BCUT2D eigenvalue weighted by molar-refractivity contribution is 8.00. The van der Waals surface area contributed by atoms with E-state index in [0.29, 0.717) is 0 Å². The molecule has 0 aliphatic rings. The molecule has 0 N–H and O–H groups in total. The first kappa shape index (κ1) is 12.9. The van der Waals surface area contributed by atoms with Crippen LogP contribution in [0, 0.1) is 6.92 Å². The summed E-state index contributed by atoms with van der Waals surface area (Å²) in [5, 5.41) is 1.75. The van der Waals surface area contributed by atoms with E-state index >= 15 is 0 Å². The summed E-state index contributed by atoms with van der Waals surface area (Å²) in [5.41, 5.74) is 2.12. The number of aromatic nitrogens is 1. The third-order valence-corrected chi connectivity index (χ3v) is 3.73. The van der Waals surface area contributed by atoms with Gasteiger partial charge in [0.1, 0.15) is 5.25 Å². The smallest absolute Gasteiger partial charge is 0.318 e. The first-order chi connectivity index (χ1) is 8.61. The number of rotatable bonds is 3. The molecular formula is C14H15NO2S. The molecule has 94 valence electrons. The van der Waals surface area contributed by atoms with Crippen LogP contribution in [0.2, 0.25) is 0 Å². The fourth-order valence-corrected chi connectivity index (χ4v) is 2.72. The van der Waals surface area contributed by atoms with E-state index in [1.807, 2.05) is 31.2 Å². The van der Waals surface area contributed by atoms with Crippen LogP contribution in [0.3, 0.4) is 0 Å². The number of ether oxygens (including phenoxy) is 1. The number of carbonyl (C=O) groups is 1. The molecule has 0 radical (unpaired) electrons. The molecule has 2 rings (SSSR count). The minimum atomic E-state index is -0.247. The van der Waals surface area contributed by atoms with Crippen LogP contribution in [-0.2, 0) is 9.53 Å². The third kappa shape index (κ3) is 2.64. The van der Waals surface area contributed by atoms with Gasteiger partial charge in [0, 0.05) is 5.39 Å². The molecule has 4 heteroatoms. The summed E-state index contributed by atoms with van der Waals surface area (Å²) in [5.74, 6) is -0.229. The zero-order valence-electron chi connectivity index (χ0n) is 10.6. The quantitative estimate of drug-likeness (QED) is 0.628. The molecule has 1 aromatic heterocycles. The van der Waals surface area contributed by atoms with Gasteiger partial charge in [0.05, 0.1) is 17.7 Å². The van der Waals surface area contributed by atoms with Gasteiger partial charge in [-0.2, -0.15) is 0 Å². The number of methoxy groups -OCH3 is 1. The van der Waals surface area contributed by atoms with Crippen LogP contribution in [0.15, 0.2) is 35.4 Å². The molecule has 1 unspecified atom stereocenters. The molecule has 0 amide bonds. The molecule has 1 aromatic carbocycles. The van der Waals surface area contributed by atoms with E-state index < -0.39 is 0 Å². The number of benzene rings is 1. The normalized spacial score (nSPS) is 12.4. The Morgan fingerprint density at radius 3 is 2.83 bits per heavy atom. The van der Waals surface area contributed by atoms with Gasteiger partial charge in [0.15, 0.2) is 0 Å². The maximum atomic E-state index is 11.4. The van der Waals surface area contributed by atoms with Crippen molar-refractivity contribution < 1.29 is 9.53 Å². The van der Waals surface area contributed by atoms with Gasteiger partial charge in [0.2, 0.25) is 0 Å². The second kappa shape index (κ2) is 5.40. The average molecular weight is 261 g/mol. The molecule has 18 heavy (non-hydrogen) atoms. The fraction of sp³-hybridized carbons (Fsp3) is 0.286. The summed E-state index contributed by atoms with van der Waals surface area (Å²) in [4.78, 5) is 15.9. The monoisotopic (exact) mass is 261 g/mol. The van der Waals surface area contributed by atoms with Crippen molar-refractivity contribution in [2.45, 2.75) is 24.1 Å².